The van der Waals surface area contributed by atoms with E-state index < -0.39 is 0 Å². The second-order valence-electron chi connectivity index (χ2n) is 5.69. The average molecular weight is 311 g/mol. The maximum Gasteiger partial charge on any atom is 0.239 e. The first-order chi connectivity index (χ1) is 9.78. The first-order valence-electron chi connectivity index (χ1n) is 7.44. The average Bonchev–Trinajstić information content (AvgIpc) is 3.18. The fourth-order valence-corrected chi connectivity index (χ4v) is 3.22. The molecule has 2 fully saturated rings. The molecule has 1 aromatic carbocycles. The summed E-state index contributed by atoms with van der Waals surface area (Å²) in [4.78, 5) is 14.4. The Balaban J connectivity index is 0.00000161. The summed E-state index contributed by atoms with van der Waals surface area (Å²) in [6, 6.07) is 8.29. The maximum atomic E-state index is 12.4. The van der Waals surface area contributed by atoms with Gasteiger partial charge in [0.1, 0.15) is 5.75 Å². The minimum absolute atomic E-state index is 0. The number of nitrogens with one attached hydrogen (secondary N) is 1. The van der Waals surface area contributed by atoms with Gasteiger partial charge >= 0.3 is 0 Å². The van der Waals surface area contributed by atoms with Crippen molar-refractivity contribution < 1.29 is 9.53 Å². The predicted octanol–water partition coefficient (Wildman–Crippen LogP) is 2.18. The van der Waals surface area contributed by atoms with Crippen molar-refractivity contribution in [1.29, 1.82) is 0 Å². The van der Waals surface area contributed by atoms with Crippen LogP contribution in [0, 0.1) is 0 Å². The number of hydrogen-bond acceptors (Lipinski definition) is 3. The lowest BCUT2D eigenvalue weighted by Gasteiger charge is -2.20. The van der Waals surface area contributed by atoms with E-state index in [2.05, 4.69) is 17.4 Å². The zero-order valence-electron chi connectivity index (χ0n) is 12.4. The highest BCUT2D eigenvalue weighted by atomic mass is 35.5. The third kappa shape index (κ3) is 3.50. The van der Waals surface area contributed by atoms with Crippen molar-refractivity contribution in [3.05, 3.63) is 29.8 Å². The van der Waals surface area contributed by atoms with Crippen molar-refractivity contribution in [2.45, 2.75) is 31.2 Å². The van der Waals surface area contributed by atoms with Gasteiger partial charge in [-0.2, -0.15) is 0 Å². The fraction of sp³-hybridized carbons (Fsp3) is 0.562. The Bertz CT molecular complexity index is 472. The number of hydrogen-bond donors (Lipinski definition) is 1. The lowest BCUT2D eigenvalue weighted by atomic mass is 9.98. The normalized spacial score (nSPS) is 24.7. The summed E-state index contributed by atoms with van der Waals surface area (Å²) in [5.74, 6) is 1.64. The van der Waals surface area contributed by atoms with E-state index in [0.29, 0.717) is 11.8 Å². The smallest absolute Gasteiger partial charge is 0.239 e. The van der Waals surface area contributed by atoms with E-state index in [1.807, 2.05) is 17.0 Å². The molecule has 3 rings (SSSR count). The molecular formula is C16H23ClN2O2. The standard InChI is InChI=1S/C16H22N2O2.ClH/c1-20-14-6-4-12(5-7-14)13-8-10-18(11-13)16(19)15-3-2-9-17-15;/h4-7,13,15,17H,2-3,8-11H2,1H3;1H. The molecule has 116 valence electrons. The highest BCUT2D eigenvalue weighted by Gasteiger charge is 2.32. The van der Waals surface area contributed by atoms with Gasteiger partial charge in [-0.1, -0.05) is 12.1 Å². The Hall–Kier alpha value is -1.26. The molecule has 5 heteroatoms. The van der Waals surface area contributed by atoms with Gasteiger partial charge in [-0.15, -0.1) is 12.4 Å². The summed E-state index contributed by atoms with van der Waals surface area (Å²) in [7, 11) is 1.68. The molecule has 2 atom stereocenters. The molecule has 0 saturated carbocycles. The molecule has 0 aliphatic carbocycles. The van der Waals surface area contributed by atoms with Crippen LogP contribution in [-0.2, 0) is 4.79 Å². The minimum atomic E-state index is 0. The topological polar surface area (TPSA) is 41.6 Å². The lowest BCUT2D eigenvalue weighted by Crippen LogP contribution is -2.42. The minimum Gasteiger partial charge on any atom is -0.497 e. The van der Waals surface area contributed by atoms with Crippen molar-refractivity contribution in [2.24, 2.45) is 0 Å². The van der Waals surface area contributed by atoms with Gasteiger partial charge in [0.2, 0.25) is 5.91 Å². The van der Waals surface area contributed by atoms with Gasteiger partial charge in [0.15, 0.2) is 0 Å². The van der Waals surface area contributed by atoms with Gasteiger partial charge in [-0.25, -0.2) is 0 Å². The SMILES string of the molecule is COc1ccc(C2CCN(C(=O)C3CCCN3)C2)cc1.Cl. The number of ether oxygens (including phenoxy) is 1. The molecule has 1 amide bonds. The number of nitrogens with zero attached hydrogens (tertiary/aromatic N) is 1. The second kappa shape index (κ2) is 7.14. The van der Waals surface area contributed by atoms with Crippen molar-refractivity contribution in [2.75, 3.05) is 26.7 Å². The Kier molecular flexibility index (Phi) is 5.48. The number of methoxy groups -OCH3 is 1. The monoisotopic (exact) mass is 310 g/mol. The van der Waals surface area contributed by atoms with Crippen LogP contribution < -0.4 is 10.1 Å². The van der Waals surface area contributed by atoms with E-state index in [4.69, 9.17) is 4.74 Å². The highest BCUT2D eigenvalue weighted by Crippen LogP contribution is 2.29. The Labute approximate surface area is 132 Å². The van der Waals surface area contributed by atoms with Crippen LogP contribution in [0.2, 0.25) is 0 Å². The van der Waals surface area contributed by atoms with Crippen LogP contribution >= 0.6 is 12.4 Å². The first-order valence-corrected chi connectivity index (χ1v) is 7.44. The summed E-state index contributed by atoms with van der Waals surface area (Å²) in [5.41, 5.74) is 1.31. The van der Waals surface area contributed by atoms with Crippen LogP contribution in [0.5, 0.6) is 5.75 Å². The molecule has 1 aromatic rings. The zero-order valence-corrected chi connectivity index (χ0v) is 13.2. The zero-order chi connectivity index (χ0) is 13.9. The molecule has 1 N–H and O–H groups in total. The summed E-state index contributed by atoms with van der Waals surface area (Å²) < 4.78 is 5.19. The lowest BCUT2D eigenvalue weighted by molar-refractivity contribution is -0.132. The maximum absolute atomic E-state index is 12.4. The molecule has 0 radical (unpaired) electrons. The molecule has 0 aromatic heterocycles. The van der Waals surface area contributed by atoms with Crippen LogP contribution in [0.4, 0.5) is 0 Å². The Morgan fingerprint density at radius 2 is 2.05 bits per heavy atom. The van der Waals surface area contributed by atoms with E-state index in [-0.39, 0.29) is 18.4 Å². The number of carbonyl (C=O) groups is 1. The number of carbonyl (C=O) groups excluding carboxylic acids is 1. The van der Waals surface area contributed by atoms with E-state index >= 15 is 0 Å². The van der Waals surface area contributed by atoms with Crippen LogP contribution in [0.3, 0.4) is 0 Å². The molecule has 2 unspecified atom stereocenters. The highest BCUT2D eigenvalue weighted by molar-refractivity contribution is 5.85. The number of halogens is 1. The fourth-order valence-electron chi connectivity index (χ4n) is 3.22. The number of amides is 1. The molecule has 21 heavy (non-hydrogen) atoms. The van der Waals surface area contributed by atoms with E-state index in [0.717, 1.165) is 44.6 Å². The molecule has 2 saturated heterocycles. The summed E-state index contributed by atoms with van der Waals surface area (Å²) in [6.07, 6.45) is 3.17. The van der Waals surface area contributed by atoms with Crippen LogP contribution in [-0.4, -0.2) is 43.6 Å². The largest absolute Gasteiger partial charge is 0.497 e. The molecule has 2 aliphatic heterocycles. The third-order valence-corrected chi connectivity index (χ3v) is 4.45. The molecule has 0 spiro atoms. The first kappa shape index (κ1) is 16.1. The molecule has 2 aliphatic rings. The number of benzene rings is 1. The van der Waals surface area contributed by atoms with E-state index in [9.17, 15) is 4.79 Å². The predicted molar refractivity (Wildman–Crippen MR) is 85.2 cm³/mol. The van der Waals surface area contributed by atoms with Crippen molar-refractivity contribution >= 4 is 18.3 Å². The Morgan fingerprint density at radius 3 is 2.67 bits per heavy atom. The summed E-state index contributed by atoms with van der Waals surface area (Å²) in [5, 5.41) is 3.30. The molecule has 2 heterocycles. The van der Waals surface area contributed by atoms with Gasteiger partial charge in [0, 0.05) is 19.0 Å². The van der Waals surface area contributed by atoms with E-state index in [1.165, 1.54) is 5.56 Å². The summed E-state index contributed by atoms with van der Waals surface area (Å²) in [6.45, 7) is 2.71. The Morgan fingerprint density at radius 1 is 1.29 bits per heavy atom. The molecule has 4 nitrogen and oxygen atoms in total. The van der Waals surface area contributed by atoms with Gasteiger partial charge in [0.05, 0.1) is 13.2 Å². The van der Waals surface area contributed by atoms with Crippen molar-refractivity contribution in [1.82, 2.24) is 10.2 Å². The molecule has 0 bridgehead atoms. The number of likely N-dealkylation sites (tertiary alicyclic amines) is 1. The van der Waals surface area contributed by atoms with Gasteiger partial charge < -0.3 is 15.0 Å². The van der Waals surface area contributed by atoms with Gasteiger partial charge in [-0.05, 0) is 43.5 Å². The van der Waals surface area contributed by atoms with Crippen molar-refractivity contribution in [3.8, 4) is 5.75 Å². The van der Waals surface area contributed by atoms with Crippen LogP contribution in [0.1, 0.15) is 30.7 Å². The summed E-state index contributed by atoms with van der Waals surface area (Å²) >= 11 is 0. The van der Waals surface area contributed by atoms with Crippen molar-refractivity contribution in [3.63, 3.8) is 0 Å². The van der Waals surface area contributed by atoms with Gasteiger partial charge in [-0.3, -0.25) is 4.79 Å². The van der Waals surface area contributed by atoms with Gasteiger partial charge in [0.25, 0.3) is 0 Å². The molecular weight excluding hydrogens is 288 g/mol. The van der Waals surface area contributed by atoms with Crippen LogP contribution in [0.15, 0.2) is 24.3 Å². The van der Waals surface area contributed by atoms with Crippen LogP contribution in [0.25, 0.3) is 0 Å². The second-order valence-corrected chi connectivity index (χ2v) is 5.69. The quantitative estimate of drug-likeness (QED) is 0.930. The third-order valence-electron chi connectivity index (χ3n) is 4.45. The van der Waals surface area contributed by atoms with E-state index in [1.54, 1.807) is 7.11 Å². The number of rotatable bonds is 3.